The molecule has 0 N–H and O–H groups in total. The standard InChI is InChI=1S/C15H8ClNO3S/c16-10-5-3-9(4-6-10)14(18)13-11(8-20-17-13)15(19)12-2-1-7-21-12/h1-8H. The molecule has 21 heavy (non-hydrogen) atoms. The van der Waals surface area contributed by atoms with E-state index in [-0.39, 0.29) is 22.8 Å². The third-order valence-corrected chi connectivity index (χ3v) is 4.00. The number of thiophene rings is 1. The highest BCUT2D eigenvalue weighted by atomic mass is 35.5. The van der Waals surface area contributed by atoms with Gasteiger partial charge < -0.3 is 4.52 Å². The molecule has 0 bridgehead atoms. The first-order valence-corrected chi connectivity index (χ1v) is 7.25. The number of nitrogens with zero attached hydrogens (tertiary/aromatic N) is 1. The normalized spacial score (nSPS) is 10.5. The maximum Gasteiger partial charge on any atom is 0.215 e. The van der Waals surface area contributed by atoms with Crippen LogP contribution in [0.2, 0.25) is 5.02 Å². The molecule has 3 aromatic rings. The Balaban J connectivity index is 1.97. The molecule has 0 atom stereocenters. The van der Waals surface area contributed by atoms with Gasteiger partial charge in [0.25, 0.3) is 0 Å². The number of hydrogen-bond donors (Lipinski definition) is 0. The van der Waals surface area contributed by atoms with Crippen LogP contribution in [-0.4, -0.2) is 16.7 Å². The predicted octanol–water partition coefficient (Wildman–Crippen LogP) is 3.85. The summed E-state index contributed by atoms with van der Waals surface area (Å²) in [7, 11) is 0. The highest BCUT2D eigenvalue weighted by molar-refractivity contribution is 7.12. The summed E-state index contributed by atoms with van der Waals surface area (Å²) in [5, 5.41) is 5.99. The van der Waals surface area contributed by atoms with Crippen molar-refractivity contribution in [2.75, 3.05) is 0 Å². The van der Waals surface area contributed by atoms with E-state index in [1.54, 1.807) is 41.8 Å². The average Bonchev–Trinajstić information content (AvgIpc) is 3.18. The molecule has 3 rings (SSSR count). The molecule has 0 radical (unpaired) electrons. The van der Waals surface area contributed by atoms with Gasteiger partial charge in [0.05, 0.1) is 10.4 Å². The van der Waals surface area contributed by atoms with Gasteiger partial charge in [-0.25, -0.2) is 0 Å². The molecule has 4 nitrogen and oxygen atoms in total. The highest BCUT2D eigenvalue weighted by Crippen LogP contribution is 2.20. The van der Waals surface area contributed by atoms with Crippen LogP contribution in [0.3, 0.4) is 0 Å². The third-order valence-electron chi connectivity index (χ3n) is 2.88. The molecule has 0 spiro atoms. The van der Waals surface area contributed by atoms with Crippen molar-refractivity contribution < 1.29 is 14.1 Å². The van der Waals surface area contributed by atoms with Gasteiger partial charge in [-0.1, -0.05) is 22.8 Å². The quantitative estimate of drug-likeness (QED) is 0.686. The van der Waals surface area contributed by atoms with Crippen molar-refractivity contribution in [1.29, 1.82) is 0 Å². The lowest BCUT2D eigenvalue weighted by molar-refractivity contribution is 0.100. The molecule has 0 aliphatic rings. The summed E-state index contributed by atoms with van der Waals surface area (Å²) < 4.78 is 4.82. The van der Waals surface area contributed by atoms with Crippen molar-refractivity contribution in [2.24, 2.45) is 0 Å². The second-order valence-electron chi connectivity index (χ2n) is 4.22. The number of rotatable bonds is 4. The highest BCUT2D eigenvalue weighted by Gasteiger charge is 2.24. The van der Waals surface area contributed by atoms with Gasteiger partial charge in [-0.2, -0.15) is 0 Å². The van der Waals surface area contributed by atoms with Crippen molar-refractivity contribution in [2.45, 2.75) is 0 Å². The summed E-state index contributed by atoms with van der Waals surface area (Å²) in [5.74, 6) is -0.649. The van der Waals surface area contributed by atoms with Gasteiger partial charge in [0, 0.05) is 10.6 Å². The number of carbonyl (C=O) groups excluding carboxylic acids is 2. The third kappa shape index (κ3) is 2.66. The molecule has 6 heteroatoms. The molecule has 2 aromatic heterocycles. The number of aromatic nitrogens is 1. The number of hydrogen-bond acceptors (Lipinski definition) is 5. The molecule has 0 amide bonds. The van der Waals surface area contributed by atoms with Gasteiger partial charge in [-0.3, -0.25) is 9.59 Å². The minimum atomic E-state index is -0.375. The lowest BCUT2D eigenvalue weighted by atomic mass is 10.0. The molecular formula is C15H8ClNO3S. The fourth-order valence-electron chi connectivity index (χ4n) is 1.84. The van der Waals surface area contributed by atoms with E-state index >= 15 is 0 Å². The van der Waals surface area contributed by atoms with Crippen molar-refractivity contribution in [3.8, 4) is 0 Å². The molecule has 0 fully saturated rings. The first kappa shape index (κ1) is 13.7. The van der Waals surface area contributed by atoms with Crippen molar-refractivity contribution in [3.63, 3.8) is 0 Å². The van der Waals surface area contributed by atoms with Crippen molar-refractivity contribution in [1.82, 2.24) is 5.16 Å². The van der Waals surface area contributed by atoms with E-state index in [0.29, 0.717) is 15.5 Å². The first-order valence-electron chi connectivity index (χ1n) is 5.99. The monoisotopic (exact) mass is 317 g/mol. The maximum absolute atomic E-state index is 12.4. The largest absolute Gasteiger partial charge is 0.363 e. The Labute approximate surface area is 129 Å². The summed E-state index contributed by atoms with van der Waals surface area (Å²) in [6, 6.07) is 9.84. The van der Waals surface area contributed by atoms with Crippen LogP contribution in [0.15, 0.2) is 52.6 Å². The Morgan fingerprint density at radius 1 is 1.10 bits per heavy atom. The Morgan fingerprint density at radius 2 is 1.86 bits per heavy atom. The van der Waals surface area contributed by atoms with E-state index in [4.69, 9.17) is 16.1 Å². The molecular weight excluding hydrogens is 310 g/mol. The van der Waals surface area contributed by atoms with Crippen molar-refractivity contribution >= 4 is 34.5 Å². The molecule has 0 aliphatic carbocycles. The smallest absolute Gasteiger partial charge is 0.215 e. The SMILES string of the molecule is O=C(c1cccs1)c1conc1C(=O)c1ccc(Cl)cc1. The zero-order valence-corrected chi connectivity index (χ0v) is 12.1. The van der Waals surface area contributed by atoms with Crippen LogP contribution < -0.4 is 0 Å². The summed E-state index contributed by atoms with van der Waals surface area (Å²) in [5.41, 5.74) is 0.571. The van der Waals surface area contributed by atoms with Gasteiger partial charge in [0.15, 0.2) is 5.69 Å². The Kier molecular flexibility index (Phi) is 3.68. The molecule has 104 valence electrons. The Hall–Kier alpha value is -2.24. The molecule has 0 unspecified atom stereocenters. The molecule has 0 aliphatic heterocycles. The van der Waals surface area contributed by atoms with Crippen LogP contribution >= 0.6 is 22.9 Å². The topological polar surface area (TPSA) is 60.2 Å². The number of ketones is 2. The lowest BCUT2D eigenvalue weighted by Gasteiger charge is -2.00. The lowest BCUT2D eigenvalue weighted by Crippen LogP contribution is -2.09. The Bertz CT molecular complexity index is 791. The number of benzene rings is 1. The van der Waals surface area contributed by atoms with E-state index in [1.807, 2.05) is 0 Å². The van der Waals surface area contributed by atoms with E-state index in [0.717, 1.165) is 0 Å². The first-order chi connectivity index (χ1) is 10.2. The fourth-order valence-corrected chi connectivity index (χ4v) is 2.64. The van der Waals surface area contributed by atoms with Crippen molar-refractivity contribution in [3.05, 3.63) is 74.8 Å². The van der Waals surface area contributed by atoms with Crippen LogP contribution in [0.1, 0.15) is 31.3 Å². The van der Waals surface area contributed by atoms with E-state index in [1.165, 1.54) is 17.6 Å². The molecule has 0 saturated carbocycles. The number of halogens is 1. The molecule has 2 heterocycles. The summed E-state index contributed by atoms with van der Waals surface area (Å²) in [4.78, 5) is 25.2. The average molecular weight is 318 g/mol. The number of carbonyl (C=O) groups is 2. The Morgan fingerprint density at radius 3 is 2.52 bits per heavy atom. The van der Waals surface area contributed by atoms with Gasteiger partial charge in [0.2, 0.25) is 11.6 Å². The summed E-state index contributed by atoms with van der Waals surface area (Å²) >= 11 is 7.09. The molecule has 0 saturated heterocycles. The van der Waals surface area contributed by atoms with Crippen LogP contribution in [-0.2, 0) is 0 Å². The predicted molar refractivity (Wildman–Crippen MR) is 79.1 cm³/mol. The summed E-state index contributed by atoms with van der Waals surface area (Å²) in [6.07, 6.45) is 1.20. The van der Waals surface area contributed by atoms with E-state index < -0.39 is 0 Å². The minimum absolute atomic E-state index is 0.00993. The van der Waals surface area contributed by atoms with Gasteiger partial charge >= 0.3 is 0 Å². The van der Waals surface area contributed by atoms with Gasteiger partial charge in [-0.15, -0.1) is 11.3 Å². The molecule has 1 aromatic carbocycles. The minimum Gasteiger partial charge on any atom is -0.363 e. The van der Waals surface area contributed by atoms with Crippen LogP contribution in [0.25, 0.3) is 0 Å². The van der Waals surface area contributed by atoms with Crippen LogP contribution in [0.4, 0.5) is 0 Å². The van der Waals surface area contributed by atoms with Crippen LogP contribution in [0.5, 0.6) is 0 Å². The van der Waals surface area contributed by atoms with Gasteiger partial charge in [-0.05, 0) is 35.7 Å². The van der Waals surface area contributed by atoms with E-state index in [9.17, 15) is 9.59 Å². The van der Waals surface area contributed by atoms with Gasteiger partial charge in [0.1, 0.15) is 6.26 Å². The van der Waals surface area contributed by atoms with Crippen LogP contribution in [0, 0.1) is 0 Å². The maximum atomic E-state index is 12.4. The second-order valence-corrected chi connectivity index (χ2v) is 5.60. The fraction of sp³-hybridized carbons (Fsp3) is 0. The summed E-state index contributed by atoms with van der Waals surface area (Å²) in [6.45, 7) is 0. The van der Waals surface area contributed by atoms with E-state index in [2.05, 4.69) is 5.16 Å². The zero-order valence-electron chi connectivity index (χ0n) is 10.6. The second kappa shape index (κ2) is 5.63. The zero-order chi connectivity index (χ0) is 14.8.